The third-order valence-corrected chi connectivity index (χ3v) is 53.9. The fourth-order valence-corrected chi connectivity index (χ4v) is 82.1. The Morgan fingerprint density at radius 3 is 1.17 bits per heavy atom. The Morgan fingerprint density at radius 2 is 1.17 bits per heavy atom. The third kappa shape index (κ3) is 0.0206. The van der Waals surface area contributed by atoms with Crippen LogP contribution < -0.4 is 5.73 Å². The van der Waals surface area contributed by atoms with Gasteiger partial charge in [0.2, 0.25) is 0 Å². The van der Waals surface area contributed by atoms with Crippen LogP contribution in [0.25, 0.3) is 0 Å². The quantitative estimate of drug-likeness (QED) is 0.643. The second-order valence-electron chi connectivity index (χ2n) is 9.31. The first kappa shape index (κ1) is 3.56. The van der Waals surface area contributed by atoms with Crippen molar-refractivity contribution in [2.45, 2.75) is 48.1 Å². The maximum atomic E-state index is 6.86. The van der Waals surface area contributed by atoms with Gasteiger partial charge in [-0.15, -0.1) is 0 Å². The Kier molecular flexibility index (Phi) is 0.0605. The molecular formula is C10H11CoN. The first-order chi connectivity index (χ1) is 5.55. The predicted molar refractivity (Wildman–Crippen MR) is 40.7 cm³/mol. The fraction of sp³-hybridized carbons (Fsp3) is 1.00. The summed E-state index contributed by atoms with van der Waals surface area (Å²) in [5.74, 6) is 0. The van der Waals surface area contributed by atoms with Crippen molar-refractivity contribution in [2.75, 3.05) is 0 Å². The van der Waals surface area contributed by atoms with E-state index in [1.54, 1.807) is 0 Å². The van der Waals surface area contributed by atoms with Crippen molar-refractivity contribution < 1.29 is 6.37 Å². The van der Waals surface area contributed by atoms with Crippen molar-refractivity contribution in [1.29, 1.82) is 0 Å². The van der Waals surface area contributed by atoms with E-state index in [0.29, 0.717) is 4.47 Å². The molecule has 10 aliphatic heterocycles. The average molecular weight is 204 g/mol. The van der Waals surface area contributed by atoms with E-state index >= 15 is 0 Å². The van der Waals surface area contributed by atoms with Crippen molar-refractivity contribution in [3.63, 3.8) is 0 Å². The predicted octanol–water partition coefficient (Wildman–Crippen LogP) is 2.24. The van der Waals surface area contributed by atoms with E-state index < -0.39 is 6.37 Å². The van der Waals surface area contributed by atoms with Crippen LogP contribution in [0.3, 0.4) is 0 Å². The van der Waals surface area contributed by atoms with Crippen molar-refractivity contribution in [3.8, 4) is 0 Å². The summed E-state index contributed by atoms with van der Waals surface area (Å²) in [6.45, 7) is 0. The topological polar surface area (TPSA) is 26.0 Å². The SMILES string of the molecule is N[C]12[CH]3[CH]4[CH]5[CH]1[Co]45321678[CH]2[CH]1[CH]6[CH]7[CH]28. The van der Waals surface area contributed by atoms with E-state index in [2.05, 4.69) is 0 Å². The Labute approximate surface area is 60.6 Å². The molecule has 10 fully saturated rings. The normalized spacial score (nSPS) is 164. The Morgan fingerprint density at radius 1 is 0.750 bits per heavy atom. The molecule has 0 aromatic rings. The number of nitrogens with two attached hydrogens (primary N) is 1. The summed E-state index contributed by atoms with van der Waals surface area (Å²) < 4.78 is 0.687. The average Bonchev–Trinajstić information content (AvgIpc) is 2.97. The molecule has 2 N–H and O–H groups in total. The number of hydrogen-bond donors (Lipinski definition) is 1. The summed E-state index contributed by atoms with van der Waals surface area (Å²) in [6.07, 6.45) is -2.58. The van der Waals surface area contributed by atoms with E-state index in [4.69, 9.17) is 5.73 Å². The van der Waals surface area contributed by atoms with Gasteiger partial charge in [0, 0.05) is 0 Å². The molecule has 10 rings (SSSR count). The molecule has 65 valence electrons. The Bertz CT molecular complexity index is 755. The van der Waals surface area contributed by atoms with E-state index in [1.165, 1.54) is 43.7 Å². The summed E-state index contributed by atoms with van der Waals surface area (Å²) in [4.78, 5) is 12.6. The first-order valence-electron chi connectivity index (χ1n) is 5.43. The van der Waals surface area contributed by atoms with Crippen LogP contribution in [-0.2, 0) is 6.37 Å². The molecule has 4 unspecified atom stereocenters. The molecule has 10 heterocycles. The van der Waals surface area contributed by atoms with Gasteiger partial charge >= 0.3 is 60.2 Å². The van der Waals surface area contributed by atoms with Crippen molar-refractivity contribution in [1.82, 2.24) is 0 Å². The number of fused-ring (bicyclic) bond motifs is 10. The van der Waals surface area contributed by atoms with Crippen LogP contribution in [0.15, 0.2) is 0 Å². The molecular weight excluding hydrogens is 193 g/mol. The summed E-state index contributed by atoms with van der Waals surface area (Å²) in [7, 11) is 0. The van der Waals surface area contributed by atoms with Gasteiger partial charge in [-0.05, 0) is 0 Å². The summed E-state index contributed by atoms with van der Waals surface area (Å²) >= 11 is 0. The van der Waals surface area contributed by atoms with Gasteiger partial charge in [-0.25, -0.2) is 0 Å². The molecule has 0 aliphatic carbocycles. The monoisotopic (exact) mass is 204 g/mol. The van der Waals surface area contributed by atoms with Crippen LogP contribution in [0, 0.1) is 0 Å². The van der Waals surface area contributed by atoms with Gasteiger partial charge in [0.25, 0.3) is 0 Å². The fourth-order valence-electron chi connectivity index (χ4n) is 15.3. The summed E-state index contributed by atoms with van der Waals surface area (Å²) in [5, 5.41) is 0. The van der Waals surface area contributed by atoms with E-state index in [9.17, 15) is 0 Å². The van der Waals surface area contributed by atoms with Crippen molar-refractivity contribution >= 4 is 0 Å². The molecule has 2 heteroatoms. The van der Waals surface area contributed by atoms with E-state index in [0.717, 1.165) is 0 Å². The minimum atomic E-state index is -2.58. The van der Waals surface area contributed by atoms with Crippen LogP contribution in [0.5, 0.6) is 0 Å². The zero-order valence-corrected chi connectivity index (χ0v) is 7.65. The van der Waals surface area contributed by atoms with Crippen LogP contribution in [0.1, 0.15) is 0 Å². The van der Waals surface area contributed by atoms with Gasteiger partial charge in [0.05, 0.1) is 0 Å². The molecule has 1 nitrogen and oxygen atoms in total. The van der Waals surface area contributed by atoms with Crippen LogP contribution in [-0.4, -0.2) is 4.47 Å². The van der Waals surface area contributed by atoms with E-state index in [1.807, 2.05) is 0 Å². The molecule has 0 aromatic carbocycles. The molecule has 4 atom stereocenters. The first-order valence-corrected chi connectivity index (χ1v) is 11.4. The van der Waals surface area contributed by atoms with Crippen LogP contribution in [0.2, 0.25) is 43.7 Å². The molecule has 10 aliphatic rings. The zero-order chi connectivity index (χ0) is 7.01. The third-order valence-electron chi connectivity index (χ3n) is 14.0. The van der Waals surface area contributed by atoms with Gasteiger partial charge in [-0.3, -0.25) is 0 Å². The Balaban J connectivity index is 2.31. The molecule has 1 spiro atoms. The van der Waals surface area contributed by atoms with Gasteiger partial charge < -0.3 is 0 Å². The standard InChI is InChI=1S/C5H6N.C5H5.Co/c6-5-3-1-2-4-5;1-2-4-5-3-1;/h1-4H,6H2;1-5H;. The Hall–Kier alpha value is 0.466. The van der Waals surface area contributed by atoms with Gasteiger partial charge in [0.1, 0.15) is 0 Å². The number of rotatable bonds is 0. The second-order valence-corrected chi connectivity index (χ2v) is 31.6. The molecule has 12 heavy (non-hydrogen) atoms. The van der Waals surface area contributed by atoms with Gasteiger partial charge in [0.15, 0.2) is 0 Å². The second kappa shape index (κ2) is 0.204. The van der Waals surface area contributed by atoms with Gasteiger partial charge in [-0.1, -0.05) is 0 Å². The van der Waals surface area contributed by atoms with Crippen LogP contribution in [0.4, 0.5) is 0 Å². The zero-order valence-electron chi connectivity index (χ0n) is 6.61. The van der Waals surface area contributed by atoms with Gasteiger partial charge in [-0.2, -0.15) is 0 Å². The molecule has 0 radical (unpaired) electrons. The van der Waals surface area contributed by atoms with Crippen LogP contribution >= 0.6 is 0 Å². The summed E-state index contributed by atoms with van der Waals surface area (Å²) in [6, 6.07) is 0. The van der Waals surface area contributed by atoms with E-state index in [-0.39, 0.29) is 0 Å². The number of hydrogen-bond acceptors (Lipinski definition) is 1. The molecule has 0 bridgehead atoms. The molecule has 0 aromatic heterocycles. The maximum absolute atomic E-state index is 6.86. The summed E-state index contributed by atoms with van der Waals surface area (Å²) in [5.41, 5.74) is 6.86. The van der Waals surface area contributed by atoms with Crippen molar-refractivity contribution in [2.24, 2.45) is 5.73 Å². The molecule has 10 saturated heterocycles. The van der Waals surface area contributed by atoms with Crippen molar-refractivity contribution in [3.05, 3.63) is 0 Å². The minimum absolute atomic E-state index is 0.687. The molecule has 0 amide bonds. The molecule has 0 saturated carbocycles.